The largest absolute Gasteiger partial charge is 0.385 e. The van der Waals surface area contributed by atoms with Crippen molar-refractivity contribution in [2.45, 2.75) is 18.9 Å². The fraction of sp³-hybridized carbons (Fsp3) is 0.200. The van der Waals surface area contributed by atoms with Gasteiger partial charge in [0.25, 0.3) is 0 Å². The summed E-state index contributed by atoms with van der Waals surface area (Å²) in [5.41, 5.74) is -1.07. The van der Waals surface area contributed by atoms with Crippen LogP contribution in [0.2, 0.25) is 10.0 Å². The molecule has 1 atom stereocenters. The average Bonchev–Trinajstić information content (AvgIpc) is 2.37. The second-order valence-electron chi connectivity index (χ2n) is 4.93. The van der Waals surface area contributed by atoms with Gasteiger partial charge in [0, 0.05) is 21.5 Å². The Labute approximate surface area is 139 Å². The van der Waals surface area contributed by atoms with Crippen LogP contribution < -0.4 is 0 Å². The maximum atomic E-state index is 13.9. The minimum absolute atomic E-state index is 0.0487. The van der Waals surface area contributed by atoms with Crippen LogP contribution in [0, 0.1) is 11.6 Å². The summed E-state index contributed by atoms with van der Waals surface area (Å²) in [6, 6.07) is 6.81. The van der Waals surface area contributed by atoms with Crippen LogP contribution in [0.25, 0.3) is 0 Å². The number of hydrogen-bond acceptors (Lipinski definition) is 1. The van der Waals surface area contributed by atoms with E-state index in [1.165, 1.54) is 19.1 Å². The molecule has 1 unspecified atom stereocenters. The Balaban J connectivity index is 2.40. The van der Waals surface area contributed by atoms with Crippen molar-refractivity contribution in [3.8, 4) is 0 Å². The summed E-state index contributed by atoms with van der Waals surface area (Å²) >= 11 is 14.8. The smallest absolute Gasteiger partial charge is 0.142 e. The minimum Gasteiger partial charge on any atom is -0.385 e. The summed E-state index contributed by atoms with van der Waals surface area (Å²) in [6.07, 6.45) is -0.0487. The molecule has 0 heterocycles. The first kappa shape index (κ1) is 16.7. The van der Waals surface area contributed by atoms with Gasteiger partial charge in [-0.3, -0.25) is 0 Å². The molecule has 112 valence electrons. The molecule has 0 spiro atoms. The van der Waals surface area contributed by atoms with Crippen molar-refractivity contribution in [1.82, 2.24) is 0 Å². The third-order valence-electron chi connectivity index (χ3n) is 3.14. The molecule has 0 radical (unpaired) electrons. The van der Waals surface area contributed by atoms with Gasteiger partial charge in [-0.1, -0.05) is 45.2 Å². The summed E-state index contributed by atoms with van der Waals surface area (Å²) < 4.78 is 28.0. The molecular formula is C15H11BrCl2F2O. The van der Waals surface area contributed by atoms with E-state index in [0.717, 1.165) is 6.07 Å². The van der Waals surface area contributed by atoms with Gasteiger partial charge in [-0.05, 0) is 36.8 Å². The molecule has 2 rings (SSSR count). The first-order valence-corrected chi connectivity index (χ1v) is 7.57. The number of benzene rings is 2. The van der Waals surface area contributed by atoms with E-state index in [1.54, 1.807) is 12.1 Å². The van der Waals surface area contributed by atoms with Gasteiger partial charge in [0.2, 0.25) is 0 Å². The summed E-state index contributed by atoms with van der Waals surface area (Å²) in [5.74, 6) is -1.15. The SMILES string of the molecule is CC(O)(Cc1ccc(Br)cc1F)c1cc(F)c(Cl)cc1Cl. The summed E-state index contributed by atoms with van der Waals surface area (Å²) in [7, 11) is 0. The monoisotopic (exact) mass is 394 g/mol. The Morgan fingerprint density at radius 3 is 2.38 bits per heavy atom. The molecular weight excluding hydrogens is 385 g/mol. The number of halogens is 5. The highest BCUT2D eigenvalue weighted by molar-refractivity contribution is 9.10. The van der Waals surface area contributed by atoms with Gasteiger partial charge < -0.3 is 5.11 Å². The van der Waals surface area contributed by atoms with Gasteiger partial charge in [-0.25, -0.2) is 8.78 Å². The first-order chi connectivity index (χ1) is 9.70. The zero-order chi connectivity index (χ0) is 15.8. The maximum Gasteiger partial charge on any atom is 0.142 e. The third-order valence-corrected chi connectivity index (χ3v) is 4.24. The van der Waals surface area contributed by atoms with E-state index in [1.807, 2.05) is 0 Å². The van der Waals surface area contributed by atoms with Crippen LogP contribution in [0.5, 0.6) is 0 Å². The number of rotatable bonds is 3. The average molecular weight is 396 g/mol. The zero-order valence-corrected chi connectivity index (χ0v) is 14.0. The summed E-state index contributed by atoms with van der Waals surface area (Å²) in [5, 5.41) is 10.6. The lowest BCUT2D eigenvalue weighted by molar-refractivity contribution is 0.0565. The Morgan fingerprint density at radius 2 is 1.76 bits per heavy atom. The van der Waals surface area contributed by atoms with E-state index < -0.39 is 17.2 Å². The Bertz CT molecular complexity index is 690. The fourth-order valence-corrected chi connectivity index (χ4v) is 2.99. The highest BCUT2D eigenvalue weighted by Crippen LogP contribution is 2.35. The normalized spacial score (nSPS) is 14.0. The molecule has 0 saturated carbocycles. The predicted octanol–water partition coefficient (Wildman–Crippen LogP) is 5.48. The lowest BCUT2D eigenvalue weighted by atomic mass is 9.88. The molecule has 0 aliphatic heterocycles. The molecule has 0 bridgehead atoms. The van der Waals surface area contributed by atoms with Gasteiger partial charge in [0.15, 0.2) is 0 Å². The predicted molar refractivity (Wildman–Crippen MR) is 83.8 cm³/mol. The number of hydrogen-bond donors (Lipinski definition) is 1. The minimum atomic E-state index is -1.53. The highest BCUT2D eigenvalue weighted by atomic mass is 79.9. The molecule has 6 heteroatoms. The lowest BCUT2D eigenvalue weighted by Gasteiger charge is -2.25. The molecule has 0 aliphatic rings. The lowest BCUT2D eigenvalue weighted by Crippen LogP contribution is -2.25. The van der Waals surface area contributed by atoms with Crippen molar-refractivity contribution in [2.75, 3.05) is 0 Å². The van der Waals surface area contributed by atoms with Crippen molar-refractivity contribution in [1.29, 1.82) is 0 Å². The second kappa shape index (κ2) is 6.21. The molecule has 0 aromatic heterocycles. The van der Waals surface area contributed by atoms with Crippen LogP contribution in [-0.2, 0) is 12.0 Å². The van der Waals surface area contributed by atoms with Gasteiger partial charge in [0.05, 0.1) is 10.6 Å². The number of aliphatic hydroxyl groups is 1. The highest BCUT2D eigenvalue weighted by Gasteiger charge is 2.28. The standard InChI is InChI=1S/C15H11BrCl2F2O/c1-15(21,7-8-2-3-9(16)4-13(8)19)10-5-14(20)12(18)6-11(10)17/h2-6,21H,7H2,1H3. The van der Waals surface area contributed by atoms with Crippen LogP contribution >= 0.6 is 39.1 Å². The molecule has 21 heavy (non-hydrogen) atoms. The van der Waals surface area contributed by atoms with Crippen molar-refractivity contribution < 1.29 is 13.9 Å². The van der Waals surface area contributed by atoms with E-state index in [2.05, 4.69) is 15.9 Å². The summed E-state index contributed by atoms with van der Waals surface area (Å²) in [6.45, 7) is 1.45. The van der Waals surface area contributed by atoms with Gasteiger partial charge in [-0.15, -0.1) is 0 Å². The van der Waals surface area contributed by atoms with Crippen molar-refractivity contribution >= 4 is 39.1 Å². The molecule has 0 saturated heterocycles. The van der Waals surface area contributed by atoms with Crippen molar-refractivity contribution in [2.24, 2.45) is 0 Å². The Morgan fingerprint density at radius 1 is 1.10 bits per heavy atom. The molecule has 0 aliphatic carbocycles. The van der Waals surface area contributed by atoms with Crippen LogP contribution in [-0.4, -0.2) is 5.11 Å². The first-order valence-electron chi connectivity index (χ1n) is 6.02. The van der Waals surface area contributed by atoms with E-state index in [9.17, 15) is 13.9 Å². The fourth-order valence-electron chi connectivity index (χ4n) is 2.07. The maximum absolute atomic E-state index is 13.9. The molecule has 0 fully saturated rings. The van der Waals surface area contributed by atoms with Crippen molar-refractivity contribution in [3.63, 3.8) is 0 Å². The van der Waals surface area contributed by atoms with Gasteiger partial charge in [-0.2, -0.15) is 0 Å². The van der Waals surface area contributed by atoms with E-state index >= 15 is 0 Å². The molecule has 1 N–H and O–H groups in total. The quantitative estimate of drug-likeness (QED) is 0.681. The molecule has 2 aromatic rings. The van der Waals surface area contributed by atoms with Crippen LogP contribution in [0.4, 0.5) is 8.78 Å². The van der Waals surface area contributed by atoms with Gasteiger partial charge >= 0.3 is 0 Å². The van der Waals surface area contributed by atoms with Crippen LogP contribution in [0.15, 0.2) is 34.8 Å². The van der Waals surface area contributed by atoms with E-state index in [-0.39, 0.29) is 22.0 Å². The van der Waals surface area contributed by atoms with E-state index in [0.29, 0.717) is 10.0 Å². The topological polar surface area (TPSA) is 20.2 Å². The molecule has 1 nitrogen and oxygen atoms in total. The van der Waals surface area contributed by atoms with E-state index in [4.69, 9.17) is 23.2 Å². The third kappa shape index (κ3) is 3.75. The second-order valence-corrected chi connectivity index (χ2v) is 6.66. The Kier molecular flexibility index (Phi) is 4.93. The van der Waals surface area contributed by atoms with Gasteiger partial charge in [0.1, 0.15) is 11.6 Å². The molecule has 2 aromatic carbocycles. The Hall–Kier alpha value is -0.680. The summed E-state index contributed by atoms with van der Waals surface area (Å²) in [4.78, 5) is 0. The zero-order valence-electron chi connectivity index (χ0n) is 10.9. The van der Waals surface area contributed by atoms with Crippen LogP contribution in [0.1, 0.15) is 18.1 Å². The van der Waals surface area contributed by atoms with Crippen LogP contribution in [0.3, 0.4) is 0 Å². The van der Waals surface area contributed by atoms with Crippen molar-refractivity contribution in [3.05, 3.63) is 67.6 Å². The molecule has 0 amide bonds.